The van der Waals surface area contributed by atoms with Gasteiger partial charge in [-0.05, 0) is 46.1 Å². The Hall–Kier alpha value is -4.45. The molecule has 4 heterocycles. The standard InChI is InChI=1S/C53H81N3O15/c1-14-16-22-52(55-56-52)23-21-43(57)67-40-27-44(66-37(11)49(40)70-51(54)62)68-42-28-53(63,71-38(18-15-2)33(42)7)36(10)47(60)35(9)48-39(64-12)20-17-19-29(3)24-31(5)45(58)34(8)46(59)32(6)25-30(4)26-41(65-13)50(61)69-48/h1,15,17-20,25-26,31-40,42,44-49,58-60,63H,16,21-24,27-28H2,2-13H3,(H2,54,62)/b18-15+,20-17+,29-19+,30-25+,41-26-/t31-,32-,33-,34+,35+,36+,37+,38-,39+,40+,42-,44-,45+,46-,47-,48-,49+,53-/m1/s1. The van der Waals surface area contributed by atoms with Gasteiger partial charge in [0.05, 0.1) is 43.7 Å². The van der Waals surface area contributed by atoms with E-state index in [9.17, 15) is 34.8 Å². The normalized spacial score (nSPS) is 39.0. The molecule has 4 aliphatic rings. The Bertz CT molecular complexity index is 2020. The summed E-state index contributed by atoms with van der Waals surface area (Å²) in [6.45, 7) is 17.9. The van der Waals surface area contributed by atoms with Gasteiger partial charge in [0.1, 0.15) is 18.3 Å². The summed E-state index contributed by atoms with van der Waals surface area (Å²) in [7, 11) is 2.79. The Morgan fingerprint density at radius 3 is 2.34 bits per heavy atom. The summed E-state index contributed by atoms with van der Waals surface area (Å²) in [5.74, 6) is -4.40. The minimum atomic E-state index is -2.04. The first-order valence-electron chi connectivity index (χ1n) is 24.9. The number of ether oxygens (including phenoxy) is 8. The molecule has 4 rings (SSSR count). The number of carbonyl (C=O) groups is 3. The van der Waals surface area contributed by atoms with E-state index in [-0.39, 0.29) is 36.9 Å². The van der Waals surface area contributed by atoms with Crippen LogP contribution in [0.25, 0.3) is 0 Å². The molecule has 0 aromatic carbocycles. The highest BCUT2D eigenvalue weighted by atomic mass is 16.7. The van der Waals surface area contributed by atoms with Crippen LogP contribution >= 0.6 is 0 Å². The van der Waals surface area contributed by atoms with Gasteiger partial charge in [-0.15, -0.1) is 12.3 Å². The minimum Gasteiger partial charge on any atom is -0.490 e. The van der Waals surface area contributed by atoms with E-state index in [1.807, 2.05) is 47.6 Å². The number of allylic oxidation sites excluding steroid dienone is 6. The third kappa shape index (κ3) is 16.0. The van der Waals surface area contributed by atoms with Gasteiger partial charge in [0, 0.05) is 75.2 Å². The van der Waals surface area contributed by atoms with E-state index < -0.39 is 120 Å². The van der Waals surface area contributed by atoms with Gasteiger partial charge in [-0.2, -0.15) is 10.2 Å². The second-order valence-electron chi connectivity index (χ2n) is 20.1. The van der Waals surface area contributed by atoms with Crippen LogP contribution in [-0.2, 0) is 47.5 Å². The Balaban J connectivity index is 1.63. The number of nitrogens with two attached hydrogens (primary N) is 1. The number of nitrogens with zero attached hydrogens (tertiary/aromatic N) is 2. The number of aliphatic hydroxyl groups is 4. The molecule has 2 saturated heterocycles. The highest BCUT2D eigenvalue weighted by Crippen LogP contribution is 2.43. The van der Waals surface area contributed by atoms with Gasteiger partial charge in [0.15, 0.2) is 23.8 Å². The first kappa shape index (κ1) is 59.1. The maximum absolute atomic E-state index is 14.0. The van der Waals surface area contributed by atoms with Crippen LogP contribution in [-0.4, -0.2) is 131 Å². The van der Waals surface area contributed by atoms with E-state index in [4.69, 9.17) is 50.1 Å². The van der Waals surface area contributed by atoms with Gasteiger partial charge in [0.25, 0.3) is 0 Å². The van der Waals surface area contributed by atoms with Gasteiger partial charge in [-0.1, -0.05) is 89.1 Å². The number of amides is 1. The molecule has 4 aliphatic heterocycles. The zero-order chi connectivity index (χ0) is 53.0. The second-order valence-corrected chi connectivity index (χ2v) is 20.1. The zero-order valence-electron chi connectivity index (χ0n) is 43.6. The topological polar surface area (TPSA) is 257 Å². The Morgan fingerprint density at radius 2 is 1.73 bits per heavy atom. The number of hydrogen-bond donors (Lipinski definition) is 5. The van der Waals surface area contributed by atoms with E-state index >= 15 is 0 Å². The lowest BCUT2D eigenvalue weighted by atomic mass is 9.77. The van der Waals surface area contributed by atoms with Crippen LogP contribution in [0.5, 0.6) is 0 Å². The van der Waals surface area contributed by atoms with Crippen LogP contribution in [0.3, 0.4) is 0 Å². The predicted molar refractivity (Wildman–Crippen MR) is 262 cm³/mol. The van der Waals surface area contributed by atoms with Gasteiger partial charge in [-0.25, -0.2) is 9.59 Å². The first-order valence-corrected chi connectivity index (χ1v) is 24.9. The highest BCUT2D eigenvalue weighted by molar-refractivity contribution is 5.87. The monoisotopic (exact) mass is 1000 g/mol. The third-order valence-corrected chi connectivity index (χ3v) is 14.5. The average molecular weight is 1000 g/mol. The number of cyclic esters (lactones) is 1. The number of esters is 2. The molecule has 0 aromatic heterocycles. The molecular weight excluding hydrogens is 919 g/mol. The summed E-state index contributed by atoms with van der Waals surface area (Å²) in [6, 6.07) is 0. The molecule has 6 N–H and O–H groups in total. The molecule has 1 amide bonds. The van der Waals surface area contributed by atoms with Crippen LogP contribution in [0.1, 0.15) is 114 Å². The van der Waals surface area contributed by atoms with Crippen molar-refractivity contribution in [2.45, 2.75) is 193 Å². The summed E-state index contributed by atoms with van der Waals surface area (Å²) in [4.78, 5) is 39.3. The third-order valence-electron chi connectivity index (χ3n) is 14.5. The molecule has 0 spiro atoms. The molecule has 18 atom stereocenters. The fraction of sp³-hybridized carbons (Fsp3) is 0.717. The lowest BCUT2D eigenvalue weighted by molar-refractivity contribution is -0.339. The predicted octanol–water partition coefficient (Wildman–Crippen LogP) is 6.50. The average Bonchev–Trinajstić information content (AvgIpc) is 4.10. The zero-order valence-corrected chi connectivity index (χ0v) is 43.6. The highest BCUT2D eigenvalue weighted by Gasteiger charge is 2.53. The number of primary amides is 1. The fourth-order valence-electron chi connectivity index (χ4n) is 9.93. The van der Waals surface area contributed by atoms with E-state index in [1.165, 1.54) is 20.3 Å². The van der Waals surface area contributed by atoms with Crippen LogP contribution < -0.4 is 5.73 Å². The first-order chi connectivity index (χ1) is 33.4. The number of aliphatic hydroxyl groups excluding tert-OH is 3. The number of methoxy groups -OCH3 is 2. The van der Waals surface area contributed by atoms with Crippen LogP contribution in [0.15, 0.2) is 69.7 Å². The van der Waals surface area contributed by atoms with E-state index in [2.05, 4.69) is 16.1 Å². The van der Waals surface area contributed by atoms with Crippen molar-refractivity contribution in [1.82, 2.24) is 0 Å². The summed E-state index contributed by atoms with van der Waals surface area (Å²) >= 11 is 0. The molecule has 2 fully saturated rings. The second kappa shape index (κ2) is 26.5. The van der Waals surface area contributed by atoms with Gasteiger partial charge in [0.2, 0.25) is 5.76 Å². The van der Waals surface area contributed by atoms with Crippen molar-refractivity contribution in [2.75, 3.05) is 14.2 Å². The Labute approximate surface area is 420 Å². The van der Waals surface area contributed by atoms with Crippen molar-refractivity contribution in [1.29, 1.82) is 0 Å². The van der Waals surface area contributed by atoms with Gasteiger partial charge >= 0.3 is 18.0 Å². The van der Waals surface area contributed by atoms with Crippen LogP contribution in [0.2, 0.25) is 0 Å². The quantitative estimate of drug-likeness (QED) is 0.0479. The summed E-state index contributed by atoms with van der Waals surface area (Å²) in [6.07, 6.45) is 7.54. The molecule has 398 valence electrons. The molecule has 0 aliphatic carbocycles. The fourth-order valence-corrected chi connectivity index (χ4v) is 9.93. The maximum Gasteiger partial charge on any atom is 0.404 e. The number of rotatable bonds is 16. The Kier molecular flexibility index (Phi) is 22.1. The maximum atomic E-state index is 14.0. The minimum absolute atomic E-state index is 0.0268. The van der Waals surface area contributed by atoms with Crippen LogP contribution in [0, 0.1) is 47.9 Å². The Morgan fingerprint density at radius 1 is 1.04 bits per heavy atom. The SMILES string of the molecule is C#CCCC1(CCC(=O)O[C@H]2C[C@@H](O[C@@H]3C[C@](O)([C@@H](C)[C@H](O)[C@H](C)[C@H]4OC(=O)/C(OC)=C/C(C)=C/[C@@H](C)[C@@H](O)[C@@H](C)[C@@H](O)[C@H](C)C/C(C)=C/C=C/[C@@H]4OC)O[C@H](/C=C/C)[C@H]3C)O[C@@H](C)[C@@H]2OC(N)=O)N=N1. The van der Waals surface area contributed by atoms with Crippen molar-refractivity contribution >= 4 is 18.0 Å². The molecule has 71 heavy (non-hydrogen) atoms. The van der Waals surface area contributed by atoms with Crippen molar-refractivity contribution in [3.63, 3.8) is 0 Å². The van der Waals surface area contributed by atoms with Crippen molar-refractivity contribution < 1.29 is 72.7 Å². The van der Waals surface area contributed by atoms with E-state index in [1.54, 1.807) is 58.1 Å². The molecule has 0 saturated carbocycles. The molecule has 18 nitrogen and oxygen atoms in total. The largest absolute Gasteiger partial charge is 0.490 e. The molecule has 0 bridgehead atoms. The lowest BCUT2D eigenvalue weighted by Gasteiger charge is -2.50. The van der Waals surface area contributed by atoms with Crippen molar-refractivity contribution in [2.24, 2.45) is 51.5 Å². The summed E-state index contributed by atoms with van der Waals surface area (Å²) < 4.78 is 48.2. The molecule has 0 aromatic rings. The van der Waals surface area contributed by atoms with Crippen molar-refractivity contribution in [3.05, 3.63) is 59.4 Å². The van der Waals surface area contributed by atoms with E-state index in [0.29, 0.717) is 31.3 Å². The van der Waals surface area contributed by atoms with Gasteiger partial charge in [-0.3, -0.25) is 4.79 Å². The van der Waals surface area contributed by atoms with Gasteiger partial charge < -0.3 is 64.1 Å². The molecule has 0 unspecified atom stereocenters. The molecule has 0 radical (unpaired) electrons. The molecule has 18 heteroatoms. The number of carbonyl (C=O) groups excluding carboxylic acids is 3. The lowest BCUT2D eigenvalue weighted by Crippen LogP contribution is -2.59. The summed E-state index contributed by atoms with van der Waals surface area (Å²) in [5, 5.41) is 55.6. The number of hydrogen-bond acceptors (Lipinski definition) is 17. The number of terminal acetylenes is 1. The smallest absolute Gasteiger partial charge is 0.404 e. The van der Waals surface area contributed by atoms with Crippen molar-refractivity contribution in [3.8, 4) is 12.3 Å². The van der Waals surface area contributed by atoms with Crippen LogP contribution in [0.4, 0.5) is 4.79 Å². The molecular formula is C53H81N3O15. The summed E-state index contributed by atoms with van der Waals surface area (Å²) in [5.41, 5.74) is 6.26. The van der Waals surface area contributed by atoms with E-state index in [0.717, 1.165) is 5.57 Å².